The molecule has 0 unspecified atom stereocenters. The molecule has 3 heteroatoms. The second-order valence-corrected chi connectivity index (χ2v) is 5.94. The molecule has 0 radical (unpaired) electrons. The predicted octanol–water partition coefficient (Wildman–Crippen LogP) is 4.85. The maximum absolute atomic E-state index is 6.01. The third-order valence-electron chi connectivity index (χ3n) is 4.13. The molecule has 0 aromatic heterocycles. The van der Waals surface area contributed by atoms with Gasteiger partial charge in [-0.05, 0) is 37.7 Å². The van der Waals surface area contributed by atoms with E-state index < -0.39 is 0 Å². The number of hydrogen-bond acceptors (Lipinski definition) is 3. The Kier molecular flexibility index (Phi) is 9.72. The van der Waals surface area contributed by atoms with Crippen molar-refractivity contribution in [3.05, 3.63) is 23.8 Å². The van der Waals surface area contributed by atoms with Crippen molar-refractivity contribution in [2.75, 3.05) is 25.4 Å². The summed E-state index contributed by atoms with van der Waals surface area (Å²) < 4.78 is 6.01. The van der Waals surface area contributed by atoms with Gasteiger partial charge in [-0.2, -0.15) is 0 Å². The van der Waals surface area contributed by atoms with Crippen LogP contribution < -0.4 is 10.5 Å². The lowest BCUT2D eigenvalue weighted by Gasteiger charge is -2.20. The first kappa shape index (κ1) is 18.8. The van der Waals surface area contributed by atoms with Gasteiger partial charge >= 0.3 is 0 Å². The van der Waals surface area contributed by atoms with E-state index in [-0.39, 0.29) is 0 Å². The standard InChI is InChI=1S/C19H34N2O/c1-4-7-8-9-10-11-14-22-19-13-12-18(20)15-17(19)16-21(5-2)6-3/h12-13,15H,4-11,14,16,20H2,1-3H3. The minimum atomic E-state index is 0.807. The van der Waals surface area contributed by atoms with Crippen LogP contribution in [0.15, 0.2) is 18.2 Å². The molecule has 1 rings (SSSR count). The summed E-state index contributed by atoms with van der Waals surface area (Å²) >= 11 is 0. The molecular weight excluding hydrogens is 272 g/mol. The molecule has 0 aliphatic heterocycles. The Balaban J connectivity index is 2.44. The van der Waals surface area contributed by atoms with Crippen LogP contribution in [0.2, 0.25) is 0 Å². The van der Waals surface area contributed by atoms with Gasteiger partial charge in [-0.25, -0.2) is 0 Å². The molecule has 0 aliphatic rings. The summed E-state index contributed by atoms with van der Waals surface area (Å²) in [4.78, 5) is 2.38. The lowest BCUT2D eigenvalue weighted by Crippen LogP contribution is -2.22. The predicted molar refractivity (Wildman–Crippen MR) is 96.4 cm³/mol. The second kappa shape index (κ2) is 11.4. The monoisotopic (exact) mass is 306 g/mol. The molecule has 0 spiro atoms. The van der Waals surface area contributed by atoms with Crippen molar-refractivity contribution in [1.29, 1.82) is 0 Å². The fraction of sp³-hybridized carbons (Fsp3) is 0.684. The van der Waals surface area contributed by atoms with E-state index in [2.05, 4.69) is 31.7 Å². The van der Waals surface area contributed by atoms with Crippen molar-refractivity contribution < 1.29 is 4.74 Å². The first-order valence-corrected chi connectivity index (χ1v) is 8.94. The summed E-state index contributed by atoms with van der Waals surface area (Å²) in [5.41, 5.74) is 7.95. The van der Waals surface area contributed by atoms with Crippen LogP contribution in [0.3, 0.4) is 0 Å². The third-order valence-corrected chi connectivity index (χ3v) is 4.13. The van der Waals surface area contributed by atoms with Gasteiger partial charge in [0.25, 0.3) is 0 Å². The third kappa shape index (κ3) is 7.17. The van der Waals surface area contributed by atoms with Crippen molar-refractivity contribution in [2.45, 2.75) is 65.8 Å². The molecule has 1 aromatic carbocycles. The Labute approximate surface area is 136 Å². The van der Waals surface area contributed by atoms with E-state index in [0.29, 0.717) is 0 Å². The molecule has 0 aliphatic carbocycles. The van der Waals surface area contributed by atoms with Gasteiger partial charge in [0.15, 0.2) is 0 Å². The van der Waals surface area contributed by atoms with Crippen molar-refractivity contribution in [2.24, 2.45) is 0 Å². The Bertz CT molecular complexity index is 402. The molecular formula is C19H34N2O. The van der Waals surface area contributed by atoms with Crippen molar-refractivity contribution in [1.82, 2.24) is 4.90 Å². The molecule has 1 aromatic rings. The Morgan fingerprint density at radius 2 is 1.64 bits per heavy atom. The van der Waals surface area contributed by atoms with Gasteiger partial charge in [0.05, 0.1) is 6.61 Å². The SMILES string of the molecule is CCCCCCCCOc1ccc(N)cc1CN(CC)CC. The molecule has 0 bridgehead atoms. The number of rotatable bonds is 12. The van der Waals surface area contributed by atoms with Crippen molar-refractivity contribution in [3.8, 4) is 5.75 Å². The molecule has 0 saturated heterocycles. The second-order valence-electron chi connectivity index (χ2n) is 5.94. The molecule has 126 valence electrons. The number of nitrogens with two attached hydrogens (primary N) is 1. The normalized spacial score (nSPS) is 11.1. The van der Waals surface area contributed by atoms with Gasteiger partial charge in [0.1, 0.15) is 5.75 Å². The van der Waals surface area contributed by atoms with E-state index in [9.17, 15) is 0 Å². The smallest absolute Gasteiger partial charge is 0.123 e. The molecule has 0 amide bonds. The maximum Gasteiger partial charge on any atom is 0.123 e. The highest BCUT2D eigenvalue weighted by Gasteiger charge is 2.08. The summed E-state index contributed by atoms with van der Waals surface area (Å²) in [6.07, 6.45) is 7.74. The summed E-state index contributed by atoms with van der Waals surface area (Å²) in [7, 11) is 0. The highest BCUT2D eigenvalue weighted by atomic mass is 16.5. The summed E-state index contributed by atoms with van der Waals surface area (Å²) in [6, 6.07) is 6.00. The zero-order valence-corrected chi connectivity index (χ0v) is 14.7. The summed E-state index contributed by atoms with van der Waals surface area (Å²) in [5.74, 6) is 0.995. The number of anilines is 1. The largest absolute Gasteiger partial charge is 0.493 e. The fourth-order valence-electron chi connectivity index (χ4n) is 2.62. The van der Waals surface area contributed by atoms with Gasteiger partial charge in [-0.3, -0.25) is 4.90 Å². The fourth-order valence-corrected chi connectivity index (χ4v) is 2.62. The average molecular weight is 306 g/mol. The topological polar surface area (TPSA) is 38.5 Å². The number of ether oxygens (including phenoxy) is 1. The van der Waals surface area contributed by atoms with Gasteiger partial charge in [0.2, 0.25) is 0 Å². The maximum atomic E-state index is 6.01. The zero-order valence-electron chi connectivity index (χ0n) is 14.7. The Morgan fingerprint density at radius 1 is 0.955 bits per heavy atom. The van der Waals surface area contributed by atoms with Crippen molar-refractivity contribution in [3.63, 3.8) is 0 Å². The Hall–Kier alpha value is -1.22. The average Bonchev–Trinajstić information content (AvgIpc) is 2.53. The first-order chi connectivity index (χ1) is 10.7. The highest BCUT2D eigenvalue weighted by Crippen LogP contribution is 2.23. The quantitative estimate of drug-likeness (QED) is 0.443. The minimum absolute atomic E-state index is 0.807. The van der Waals surface area contributed by atoms with Crippen LogP contribution in [0.5, 0.6) is 5.75 Å². The molecule has 0 fully saturated rings. The van der Waals surface area contributed by atoms with Crippen LogP contribution in [-0.2, 0) is 6.54 Å². The molecule has 0 heterocycles. The van der Waals surface area contributed by atoms with Crippen LogP contribution in [0.4, 0.5) is 5.69 Å². The van der Waals surface area contributed by atoms with Crippen LogP contribution >= 0.6 is 0 Å². The van der Waals surface area contributed by atoms with Crippen molar-refractivity contribution >= 4 is 5.69 Å². The number of benzene rings is 1. The van der Waals surface area contributed by atoms with E-state index in [4.69, 9.17) is 10.5 Å². The van der Waals surface area contributed by atoms with Gasteiger partial charge < -0.3 is 10.5 Å². The van der Waals surface area contributed by atoms with E-state index in [0.717, 1.165) is 44.1 Å². The van der Waals surface area contributed by atoms with Crippen LogP contribution in [-0.4, -0.2) is 24.6 Å². The number of nitrogen functional groups attached to an aromatic ring is 1. The van der Waals surface area contributed by atoms with E-state index in [1.165, 1.54) is 37.7 Å². The van der Waals surface area contributed by atoms with Crippen LogP contribution in [0.1, 0.15) is 64.9 Å². The van der Waals surface area contributed by atoms with Gasteiger partial charge in [0, 0.05) is 17.8 Å². The van der Waals surface area contributed by atoms with E-state index in [1.54, 1.807) is 0 Å². The lowest BCUT2D eigenvalue weighted by molar-refractivity contribution is 0.273. The van der Waals surface area contributed by atoms with Gasteiger partial charge in [-0.1, -0.05) is 52.9 Å². The zero-order chi connectivity index (χ0) is 16.2. The summed E-state index contributed by atoms with van der Waals surface area (Å²) in [6.45, 7) is 10.4. The van der Waals surface area contributed by atoms with Crippen LogP contribution in [0, 0.1) is 0 Å². The molecule has 3 nitrogen and oxygen atoms in total. The first-order valence-electron chi connectivity index (χ1n) is 8.94. The number of nitrogens with zero attached hydrogens (tertiary/aromatic N) is 1. The Morgan fingerprint density at radius 3 is 2.32 bits per heavy atom. The van der Waals surface area contributed by atoms with Crippen LogP contribution in [0.25, 0.3) is 0 Å². The number of hydrogen-bond donors (Lipinski definition) is 1. The molecule has 22 heavy (non-hydrogen) atoms. The van der Waals surface area contributed by atoms with E-state index >= 15 is 0 Å². The highest BCUT2D eigenvalue weighted by molar-refractivity contribution is 5.47. The number of unbranched alkanes of at least 4 members (excludes halogenated alkanes) is 5. The van der Waals surface area contributed by atoms with E-state index in [1.807, 2.05) is 12.1 Å². The molecule has 0 atom stereocenters. The van der Waals surface area contributed by atoms with Gasteiger partial charge in [-0.15, -0.1) is 0 Å². The summed E-state index contributed by atoms with van der Waals surface area (Å²) in [5, 5.41) is 0. The lowest BCUT2D eigenvalue weighted by atomic mass is 10.1. The molecule has 0 saturated carbocycles. The minimum Gasteiger partial charge on any atom is -0.493 e. The molecule has 2 N–H and O–H groups in total.